The lowest BCUT2D eigenvalue weighted by molar-refractivity contribution is 0.292. The molecule has 0 N–H and O–H groups in total. The standard InChI is InChI=1S/C15H20N4/c1-4-12(8-16)9-18(2)10-13-5-6-15-14(7-13)17-11-19(15)3/h5-7,11-12H,4,9-10H2,1-3H3. The van der Waals surface area contributed by atoms with Crippen molar-refractivity contribution in [3.8, 4) is 6.07 Å². The molecule has 1 atom stereocenters. The molecule has 4 heteroatoms. The van der Waals surface area contributed by atoms with Crippen LogP contribution in [-0.4, -0.2) is 28.0 Å². The zero-order valence-electron chi connectivity index (χ0n) is 11.8. The monoisotopic (exact) mass is 256 g/mol. The number of imidazole rings is 1. The minimum absolute atomic E-state index is 0.114. The molecular formula is C15H20N4. The number of benzene rings is 1. The van der Waals surface area contributed by atoms with Gasteiger partial charge in [-0.1, -0.05) is 13.0 Å². The average molecular weight is 256 g/mol. The molecule has 0 bridgehead atoms. The summed E-state index contributed by atoms with van der Waals surface area (Å²) < 4.78 is 2.02. The highest BCUT2D eigenvalue weighted by atomic mass is 15.1. The fraction of sp³-hybridized carbons (Fsp3) is 0.467. The van der Waals surface area contributed by atoms with Gasteiger partial charge in [-0.05, 0) is 31.2 Å². The van der Waals surface area contributed by atoms with E-state index in [9.17, 15) is 0 Å². The largest absolute Gasteiger partial charge is 0.334 e. The Morgan fingerprint density at radius 3 is 2.95 bits per heavy atom. The molecule has 4 nitrogen and oxygen atoms in total. The number of hydrogen-bond acceptors (Lipinski definition) is 3. The lowest BCUT2D eigenvalue weighted by atomic mass is 10.1. The van der Waals surface area contributed by atoms with Crippen LogP contribution in [0.25, 0.3) is 11.0 Å². The highest BCUT2D eigenvalue weighted by molar-refractivity contribution is 5.75. The van der Waals surface area contributed by atoms with Crippen molar-refractivity contribution in [3.63, 3.8) is 0 Å². The first kappa shape index (κ1) is 13.6. The molecular weight excluding hydrogens is 236 g/mol. The molecule has 1 aromatic heterocycles. The van der Waals surface area contributed by atoms with Crippen molar-refractivity contribution in [1.82, 2.24) is 14.5 Å². The van der Waals surface area contributed by atoms with Gasteiger partial charge in [-0.15, -0.1) is 0 Å². The molecule has 2 rings (SSSR count). The third kappa shape index (κ3) is 3.12. The van der Waals surface area contributed by atoms with E-state index in [0.29, 0.717) is 0 Å². The van der Waals surface area contributed by atoms with Crippen LogP contribution in [0.3, 0.4) is 0 Å². The van der Waals surface area contributed by atoms with Crippen LogP contribution in [0.2, 0.25) is 0 Å². The van der Waals surface area contributed by atoms with Gasteiger partial charge < -0.3 is 9.47 Å². The minimum atomic E-state index is 0.114. The van der Waals surface area contributed by atoms with E-state index < -0.39 is 0 Å². The van der Waals surface area contributed by atoms with Crippen LogP contribution in [-0.2, 0) is 13.6 Å². The van der Waals surface area contributed by atoms with E-state index in [-0.39, 0.29) is 5.92 Å². The minimum Gasteiger partial charge on any atom is -0.334 e. The highest BCUT2D eigenvalue weighted by Gasteiger charge is 2.09. The predicted octanol–water partition coefficient (Wildman–Crippen LogP) is 2.55. The van der Waals surface area contributed by atoms with Gasteiger partial charge in [0.1, 0.15) is 0 Å². The van der Waals surface area contributed by atoms with Gasteiger partial charge in [-0.2, -0.15) is 5.26 Å². The Hall–Kier alpha value is -1.86. The first-order valence-electron chi connectivity index (χ1n) is 6.62. The van der Waals surface area contributed by atoms with Crippen LogP contribution in [0.5, 0.6) is 0 Å². The van der Waals surface area contributed by atoms with Crippen molar-refractivity contribution in [1.29, 1.82) is 5.26 Å². The zero-order chi connectivity index (χ0) is 13.8. The molecule has 19 heavy (non-hydrogen) atoms. The molecule has 0 fully saturated rings. The maximum atomic E-state index is 9.00. The third-order valence-electron chi connectivity index (χ3n) is 3.45. The summed E-state index contributed by atoms with van der Waals surface area (Å²) in [5.41, 5.74) is 3.41. The molecule has 0 radical (unpaired) electrons. The Morgan fingerprint density at radius 2 is 2.26 bits per heavy atom. The Morgan fingerprint density at radius 1 is 1.47 bits per heavy atom. The molecule has 0 saturated heterocycles. The molecule has 1 unspecified atom stereocenters. The van der Waals surface area contributed by atoms with Gasteiger partial charge in [0.15, 0.2) is 0 Å². The van der Waals surface area contributed by atoms with Gasteiger partial charge in [-0.3, -0.25) is 0 Å². The van der Waals surface area contributed by atoms with E-state index >= 15 is 0 Å². The third-order valence-corrected chi connectivity index (χ3v) is 3.45. The van der Waals surface area contributed by atoms with E-state index in [0.717, 1.165) is 30.5 Å². The Bertz CT molecular complexity index is 594. The first-order valence-corrected chi connectivity index (χ1v) is 6.62. The summed E-state index contributed by atoms with van der Waals surface area (Å²) in [4.78, 5) is 6.57. The molecule has 0 spiro atoms. The Labute approximate surface area is 114 Å². The summed E-state index contributed by atoms with van der Waals surface area (Å²) in [7, 11) is 4.06. The summed E-state index contributed by atoms with van der Waals surface area (Å²) in [5.74, 6) is 0.114. The van der Waals surface area contributed by atoms with Gasteiger partial charge in [0.25, 0.3) is 0 Å². The Balaban J connectivity index is 2.06. The second kappa shape index (κ2) is 5.85. The number of hydrogen-bond donors (Lipinski definition) is 0. The topological polar surface area (TPSA) is 44.9 Å². The lowest BCUT2D eigenvalue weighted by Crippen LogP contribution is -2.24. The number of aromatic nitrogens is 2. The van der Waals surface area contributed by atoms with E-state index in [2.05, 4.69) is 48.1 Å². The van der Waals surface area contributed by atoms with E-state index in [4.69, 9.17) is 5.26 Å². The van der Waals surface area contributed by atoms with Gasteiger partial charge in [0.2, 0.25) is 0 Å². The highest BCUT2D eigenvalue weighted by Crippen LogP contribution is 2.15. The van der Waals surface area contributed by atoms with Crippen LogP contribution >= 0.6 is 0 Å². The fourth-order valence-electron chi connectivity index (χ4n) is 2.29. The number of fused-ring (bicyclic) bond motifs is 1. The Kier molecular flexibility index (Phi) is 4.18. The van der Waals surface area contributed by atoms with Gasteiger partial charge in [-0.25, -0.2) is 4.98 Å². The van der Waals surface area contributed by atoms with Crippen molar-refractivity contribution >= 4 is 11.0 Å². The second-order valence-corrected chi connectivity index (χ2v) is 5.11. The molecule has 0 aliphatic heterocycles. The number of nitrogens with zero attached hydrogens (tertiary/aromatic N) is 4. The van der Waals surface area contributed by atoms with Crippen molar-refractivity contribution in [2.24, 2.45) is 13.0 Å². The summed E-state index contributed by atoms with van der Waals surface area (Å²) in [6, 6.07) is 8.71. The van der Waals surface area contributed by atoms with Crippen LogP contribution in [0.4, 0.5) is 0 Å². The number of nitriles is 1. The van der Waals surface area contributed by atoms with E-state index in [1.165, 1.54) is 5.56 Å². The smallest absolute Gasteiger partial charge is 0.0955 e. The quantitative estimate of drug-likeness (QED) is 0.826. The average Bonchev–Trinajstić information content (AvgIpc) is 2.77. The van der Waals surface area contributed by atoms with Crippen LogP contribution < -0.4 is 0 Å². The fourth-order valence-corrected chi connectivity index (χ4v) is 2.29. The van der Waals surface area contributed by atoms with Crippen molar-refractivity contribution in [2.75, 3.05) is 13.6 Å². The van der Waals surface area contributed by atoms with Crippen molar-refractivity contribution < 1.29 is 0 Å². The molecule has 0 aliphatic carbocycles. The SMILES string of the molecule is CCC(C#N)CN(C)Cc1ccc2c(c1)ncn2C. The molecule has 1 heterocycles. The lowest BCUT2D eigenvalue weighted by Gasteiger charge is -2.19. The predicted molar refractivity (Wildman–Crippen MR) is 76.4 cm³/mol. The molecule has 1 aromatic carbocycles. The number of aryl methyl sites for hydroxylation is 1. The van der Waals surface area contributed by atoms with Crippen molar-refractivity contribution in [2.45, 2.75) is 19.9 Å². The van der Waals surface area contributed by atoms with Gasteiger partial charge >= 0.3 is 0 Å². The van der Waals surface area contributed by atoms with Crippen LogP contribution in [0.1, 0.15) is 18.9 Å². The molecule has 0 aliphatic rings. The van der Waals surface area contributed by atoms with Crippen LogP contribution in [0.15, 0.2) is 24.5 Å². The van der Waals surface area contributed by atoms with Gasteiger partial charge in [0.05, 0.1) is 29.3 Å². The van der Waals surface area contributed by atoms with Crippen LogP contribution in [0, 0.1) is 17.2 Å². The molecule has 100 valence electrons. The normalized spacial score (nSPS) is 12.8. The molecule has 2 aromatic rings. The summed E-state index contributed by atoms with van der Waals surface area (Å²) in [6.45, 7) is 3.72. The summed E-state index contributed by atoms with van der Waals surface area (Å²) in [5, 5.41) is 9.00. The maximum absolute atomic E-state index is 9.00. The summed E-state index contributed by atoms with van der Waals surface area (Å²) in [6.07, 6.45) is 2.74. The zero-order valence-corrected chi connectivity index (χ0v) is 11.8. The summed E-state index contributed by atoms with van der Waals surface area (Å²) >= 11 is 0. The second-order valence-electron chi connectivity index (χ2n) is 5.11. The molecule has 0 amide bonds. The molecule has 0 saturated carbocycles. The number of rotatable bonds is 5. The van der Waals surface area contributed by atoms with E-state index in [1.807, 2.05) is 17.9 Å². The van der Waals surface area contributed by atoms with E-state index in [1.54, 1.807) is 0 Å². The van der Waals surface area contributed by atoms with Crippen molar-refractivity contribution in [3.05, 3.63) is 30.1 Å². The van der Waals surface area contributed by atoms with Gasteiger partial charge in [0, 0.05) is 20.1 Å². The maximum Gasteiger partial charge on any atom is 0.0955 e. The first-order chi connectivity index (χ1) is 9.13.